The molecule has 0 aliphatic rings. The van der Waals surface area contributed by atoms with Crippen molar-refractivity contribution in [1.29, 1.82) is 0 Å². The number of hydrogen-bond acceptors (Lipinski definition) is 6. The summed E-state index contributed by atoms with van der Waals surface area (Å²) < 4.78 is 21.9. The smallest absolute Gasteiger partial charge is 0.218 e. The Bertz CT molecular complexity index is 785. The summed E-state index contributed by atoms with van der Waals surface area (Å²) in [7, 11) is 3.28. The van der Waals surface area contributed by atoms with Crippen molar-refractivity contribution in [1.82, 2.24) is 15.6 Å². The van der Waals surface area contributed by atoms with E-state index in [1.54, 1.807) is 20.4 Å². The summed E-state index contributed by atoms with van der Waals surface area (Å²) in [5.41, 5.74) is 0.909. The molecule has 1 unspecified atom stereocenters. The molecule has 0 aliphatic carbocycles. The number of aliphatic imine (C=N–C) groups is 1. The third-order valence-electron chi connectivity index (χ3n) is 4.06. The summed E-state index contributed by atoms with van der Waals surface area (Å²) in [6, 6.07) is 11.4. The molecule has 0 saturated carbocycles. The Morgan fingerprint density at radius 3 is 2.70 bits per heavy atom. The van der Waals surface area contributed by atoms with E-state index in [1.165, 1.54) is 0 Å². The van der Waals surface area contributed by atoms with Crippen molar-refractivity contribution in [3.8, 4) is 17.4 Å². The normalized spacial score (nSPS) is 12.2. The average molecular weight is 417 g/mol. The molecule has 1 atom stereocenters. The van der Waals surface area contributed by atoms with Crippen molar-refractivity contribution >= 4 is 5.96 Å². The first-order valence-electron chi connectivity index (χ1n) is 10.0. The maximum absolute atomic E-state index is 5.96. The SMILES string of the molecule is CCNC(=NCc1cccnc1OCCOC)NCC(C)Oc1cccc(OC)c1. The molecule has 1 aromatic carbocycles. The van der Waals surface area contributed by atoms with Crippen LogP contribution in [0.4, 0.5) is 0 Å². The van der Waals surface area contributed by atoms with Crippen LogP contribution in [0.2, 0.25) is 0 Å². The van der Waals surface area contributed by atoms with Crippen LogP contribution in [0, 0.1) is 0 Å². The number of benzene rings is 1. The van der Waals surface area contributed by atoms with Crippen molar-refractivity contribution in [3.63, 3.8) is 0 Å². The van der Waals surface area contributed by atoms with Crippen LogP contribution in [0.1, 0.15) is 19.4 Å². The fraction of sp³-hybridized carbons (Fsp3) is 0.455. The molecule has 0 saturated heterocycles. The van der Waals surface area contributed by atoms with E-state index in [9.17, 15) is 0 Å². The molecule has 8 heteroatoms. The predicted octanol–water partition coefficient (Wildman–Crippen LogP) is 2.64. The van der Waals surface area contributed by atoms with E-state index in [-0.39, 0.29) is 6.10 Å². The fourth-order valence-electron chi connectivity index (χ4n) is 2.59. The van der Waals surface area contributed by atoms with Crippen LogP contribution in [0.3, 0.4) is 0 Å². The minimum Gasteiger partial charge on any atom is -0.497 e. The van der Waals surface area contributed by atoms with E-state index >= 15 is 0 Å². The molecule has 0 bridgehead atoms. The largest absolute Gasteiger partial charge is 0.497 e. The van der Waals surface area contributed by atoms with Gasteiger partial charge in [0.15, 0.2) is 5.96 Å². The summed E-state index contributed by atoms with van der Waals surface area (Å²) in [5.74, 6) is 2.80. The van der Waals surface area contributed by atoms with E-state index in [4.69, 9.17) is 18.9 Å². The molecule has 2 rings (SSSR count). The Hall–Kier alpha value is -3.00. The van der Waals surface area contributed by atoms with Crippen molar-refractivity contribution in [2.24, 2.45) is 4.99 Å². The van der Waals surface area contributed by atoms with E-state index in [2.05, 4.69) is 20.6 Å². The first-order valence-corrected chi connectivity index (χ1v) is 10.0. The van der Waals surface area contributed by atoms with Gasteiger partial charge in [0, 0.05) is 31.5 Å². The quantitative estimate of drug-likeness (QED) is 0.312. The van der Waals surface area contributed by atoms with Crippen LogP contribution < -0.4 is 24.8 Å². The number of aromatic nitrogens is 1. The molecule has 2 N–H and O–H groups in total. The molecule has 2 aromatic rings. The van der Waals surface area contributed by atoms with Gasteiger partial charge in [-0.15, -0.1) is 0 Å². The van der Waals surface area contributed by atoms with Gasteiger partial charge in [0.05, 0.1) is 26.8 Å². The van der Waals surface area contributed by atoms with Gasteiger partial charge in [0.1, 0.15) is 24.2 Å². The maximum atomic E-state index is 5.96. The lowest BCUT2D eigenvalue weighted by molar-refractivity contribution is 0.143. The number of hydrogen-bond donors (Lipinski definition) is 2. The number of ether oxygens (including phenoxy) is 4. The molecule has 30 heavy (non-hydrogen) atoms. The summed E-state index contributed by atoms with van der Waals surface area (Å²) in [6.07, 6.45) is 1.64. The van der Waals surface area contributed by atoms with E-state index in [0.717, 1.165) is 23.6 Å². The van der Waals surface area contributed by atoms with Crippen LogP contribution in [0.5, 0.6) is 17.4 Å². The van der Waals surface area contributed by atoms with Gasteiger partial charge in [-0.2, -0.15) is 0 Å². The van der Waals surface area contributed by atoms with Gasteiger partial charge >= 0.3 is 0 Å². The van der Waals surface area contributed by atoms with Gasteiger partial charge in [0.25, 0.3) is 0 Å². The molecule has 1 heterocycles. The lowest BCUT2D eigenvalue weighted by Crippen LogP contribution is -2.41. The van der Waals surface area contributed by atoms with Crippen molar-refractivity contribution in [3.05, 3.63) is 48.2 Å². The van der Waals surface area contributed by atoms with Crippen molar-refractivity contribution in [2.75, 3.05) is 40.5 Å². The Balaban J connectivity index is 1.92. The average Bonchev–Trinajstić information content (AvgIpc) is 2.76. The van der Waals surface area contributed by atoms with Crippen molar-refractivity contribution in [2.45, 2.75) is 26.5 Å². The second-order valence-corrected chi connectivity index (χ2v) is 6.49. The number of pyridine rings is 1. The van der Waals surface area contributed by atoms with Crippen LogP contribution in [0.25, 0.3) is 0 Å². The fourth-order valence-corrected chi connectivity index (χ4v) is 2.59. The molecule has 1 aromatic heterocycles. The molecule has 0 spiro atoms. The highest BCUT2D eigenvalue weighted by molar-refractivity contribution is 5.79. The van der Waals surface area contributed by atoms with Crippen LogP contribution in [-0.4, -0.2) is 57.6 Å². The molecule has 8 nitrogen and oxygen atoms in total. The molecule has 0 radical (unpaired) electrons. The number of nitrogens with zero attached hydrogens (tertiary/aromatic N) is 2. The Morgan fingerprint density at radius 1 is 1.10 bits per heavy atom. The first kappa shape index (κ1) is 23.3. The second kappa shape index (κ2) is 13.3. The maximum Gasteiger partial charge on any atom is 0.218 e. The van der Waals surface area contributed by atoms with Gasteiger partial charge in [-0.3, -0.25) is 0 Å². The highest BCUT2D eigenvalue weighted by atomic mass is 16.5. The zero-order valence-electron chi connectivity index (χ0n) is 18.2. The topological polar surface area (TPSA) is 86.2 Å². The molecule has 0 fully saturated rings. The van der Waals surface area contributed by atoms with Gasteiger partial charge in [-0.25, -0.2) is 9.98 Å². The van der Waals surface area contributed by atoms with Gasteiger partial charge in [0.2, 0.25) is 5.88 Å². The first-order chi connectivity index (χ1) is 14.7. The summed E-state index contributed by atoms with van der Waals surface area (Å²) in [4.78, 5) is 8.94. The Morgan fingerprint density at radius 2 is 1.93 bits per heavy atom. The molecule has 164 valence electrons. The van der Waals surface area contributed by atoms with E-state index in [1.807, 2.05) is 50.2 Å². The number of guanidine groups is 1. The standard InChI is InChI=1S/C22H32N4O4/c1-5-23-22(25-15-17(2)30-20-10-6-9-19(14-20)28-4)26-16-18-8-7-11-24-21(18)29-13-12-27-3/h6-11,14,17H,5,12-13,15-16H2,1-4H3,(H2,23,25,26). The molecule has 0 aliphatic heterocycles. The number of methoxy groups -OCH3 is 2. The van der Waals surface area contributed by atoms with Gasteiger partial charge in [-0.1, -0.05) is 12.1 Å². The highest BCUT2D eigenvalue weighted by Gasteiger charge is 2.08. The van der Waals surface area contributed by atoms with Crippen LogP contribution in [-0.2, 0) is 11.3 Å². The van der Waals surface area contributed by atoms with E-state index < -0.39 is 0 Å². The second-order valence-electron chi connectivity index (χ2n) is 6.49. The third kappa shape index (κ3) is 8.16. The van der Waals surface area contributed by atoms with Crippen molar-refractivity contribution < 1.29 is 18.9 Å². The zero-order chi connectivity index (χ0) is 21.6. The monoisotopic (exact) mass is 416 g/mol. The summed E-state index contributed by atoms with van der Waals surface area (Å²) >= 11 is 0. The van der Waals surface area contributed by atoms with Gasteiger partial charge in [-0.05, 0) is 32.0 Å². The zero-order valence-corrected chi connectivity index (χ0v) is 18.2. The summed E-state index contributed by atoms with van der Waals surface area (Å²) in [5, 5.41) is 6.56. The Labute approximate surface area is 178 Å². The van der Waals surface area contributed by atoms with Crippen LogP contribution >= 0.6 is 0 Å². The lowest BCUT2D eigenvalue weighted by atomic mass is 10.3. The molecular formula is C22H32N4O4. The Kier molecular flexibility index (Phi) is 10.3. The minimum atomic E-state index is -0.0627. The molecular weight excluding hydrogens is 384 g/mol. The predicted molar refractivity (Wildman–Crippen MR) is 118 cm³/mol. The van der Waals surface area contributed by atoms with E-state index in [0.29, 0.717) is 38.1 Å². The highest BCUT2D eigenvalue weighted by Crippen LogP contribution is 2.20. The van der Waals surface area contributed by atoms with Gasteiger partial charge < -0.3 is 29.6 Å². The minimum absolute atomic E-state index is 0.0627. The lowest BCUT2D eigenvalue weighted by Gasteiger charge is -2.18. The third-order valence-corrected chi connectivity index (χ3v) is 4.06. The van der Waals surface area contributed by atoms with Crippen LogP contribution in [0.15, 0.2) is 47.6 Å². The number of rotatable bonds is 12. The molecule has 0 amide bonds. The number of nitrogens with one attached hydrogen (secondary N) is 2. The summed E-state index contributed by atoms with van der Waals surface area (Å²) in [6.45, 7) is 6.76.